The number of aliphatic hydroxyl groups is 1. The van der Waals surface area contributed by atoms with E-state index >= 15 is 0 Å². The lowest BCUT2D eigenvalue weighted by atomic mass is 10.0. The van der Waals surface area contributed by atoms with E-state index in [0.717, 1.165) is 31.2 Å². The Morgan fingerprint density at radius 3 is 2.84 bits per heavy atom. The van der Waals surface area contributed by atoms with Crippen molar-refractivity contribution >= 4 is 5.91 Å². The van der Waals surface area contributed by atoms with Crippen LogP contribution in [0.4, 0.5) is 0 Å². The zero-order valence-electron chi connectivity index (χ0n) is 11.2. The highest BCUT2D eigenvalue weighted by Crippen LogP contribution is 2.25. The molecule has 1 aromatic carbocycles. The molecule has 19 heavy (non-hydrogen) atoms. The average Bonchev–Trinajstić information content (AvgIpc) is 2.82. The van der Waals surface area contributed by atoms with Gasteiger partial charge in [0.05, 0.1) is 11.7 Å². The van der Waals surface area contributed by atoms with Crippen LogP contribution in [-0.4, -0.2) is 28.8 Å². The second-order valence-electron chi connectivity index (χ2n) is 5.17. The number of carbonyl (C=O) groups is 1. The number of aryl methyl sites for hydroxylation is 1. The molecule has 3 N–H and O–H groups in total. The van der Waals surface area contributed by atoms with E-state index in [2.05, 4.69) is 5.32 Å². The van der Waals surface area contributed by atoms with E-state index < -0.39 is 0 Å². The lowest BCUT2D eigenvalue weighted by Crippen LogP contribution is -2.32. The molecule has 104 valence electrons. The Kier molecular flexibility index (Phi) is 4.43. The smallest absolute Gasteiger partial charge is 0.255 e. The molecule has 0 spiro atoms. The highest BCUT2D eigenvalue weighted by Gasteiger charge is 2.25. The minimum absolute atomic E-state index is 0.00155. The molecule has 0 saturated heterocycles. The molecule has 0 bridgehead atoms. The molecule has 1 fully saturated rings. The topological polar surface area (TPSA) is 69.6 Å². The predicted octanol–water partition coefficient (Wildman–Crippen LogP) is 1.85. The first-order valence-corrected chi connectivity index (χ1v) is 6.90. The zero-order chi connectivity index (χ0) is 13.8. The van der Waals surface area contributed by atoms with Crippen molar-refractivity contribution in [2.24, 2.45) is 5.92 Å². The lowest BCUT2D eigenvalue weighted by Gasteiger charge is -2.15. The number of benzene rings is 1. The number of hydrogen-bond donors (Lipinski definition) is 3. The standard InChI is InChI=1S/C15H21NO3/c1-2-10-6-7-14(18)12(8-10)15(19)16-9-11-4-3-5-13(11)17/h6-8,11,13,17-18H,2-5,9H2,1H3,(H,16,19). The van der Waals surface area contributed by atoms with Crippen molar-refractivity contribution < 1.29 is 15.0 Å². The molecule has 2 rings (SSSR count). The van der Waals surface area contributed by atoms with Gasteiger partial charge in [-0.1, -0.05) is 19.4 Å². The van der Waals surface area contributed by atoms with Crippen LogP contribution in [0.3, 0.4) is 0 Å². The SMILES string of the molecule is CCc1ccc(O)c(C(=O)NCC2CCCC2O)c1. The largest absolute Gasteiger partial charge is 0.507 e. The number of phenolic OH excluding ortho intramolecular Hbond substituents is 1. The van der Waals surface area contributed by atoms with Crippen LogP contribution < -0.4 is 5.32 Å². The van der Waals surface area contributed by atoms with Gasteiger partial charge in [0.25, 0.3) is 5.91 Å². The molecule has 1 saturated carbocycles. The average molecular weight is 263 g/mol. The van der Waals surface area contributed by atoms with E-state index in [1.165, 1.54) is 0 Å². The van der Waals surface area contributed by atoms with E-state index in [4.69, 9.17) is 0 Å². The van der Waals surface area contributed by atoms with Crippen molar-refractivity contribution in [3.63, 3.8) is 0 Å². The molecule has 1 aromatic rings. The van der Waals surface area contributed by atoms with Crippen LogP contribution in [0.15, 0.2) is 18.2 Å². The molecule has 0 heterocycles. The minimum Gasteiger partial charge on any atom is -0.507 e. The maximum Gasteiger partial charge on any atom is 0.255 e. The van der Waals surface area contributed by atoms with Gasteiger partial charge in [-0.2, -0.15) is 0 Å². The van der Waals surface area contributed by atoms with Gasteiger partial charge >= 0.3 is 0 Å². The third-order valence-corrected chi connectivity index (χ3v) is 3.86. The third kappa shape index (κ3) is 3.26. The summed E-state index contributed by atoms with van der Waals surface area (Å²) in [5.74, 6) is -0.131. The number of amides is 1. The highest BCUT2D eigenvalue weighted by atomic mass is 16.3. The summed E-state index contributed by atoms with van der Waals surface area (Å²) in [6.45, 7) is 2.47. The second-order valence-corrected chi connectivity index (χ2v) is 5.17. The Morgan fingerprint density at radius 1 is 1.42 bits per heavy atom. The van der Waals surface area contributed by atoms with Crippen LogP contribution in [0.1, 0.15) is 42.1 Å². The molecule has 4 nitrogen and oxygen atoms in total. The summed E-state index contributed by atoms with van der Waals surface area (Å²) in [5.41, 5.74) is 1.33. The Hall–Kier alpha value is -1.55. The van der Waals surface area contributed by atoms with E-state index in [9.17, 15) is 15.0 Å². The summed E-state index contributed by atoms with van der Waals surface area (Å²) in [6.07, 6.45) is 3.29. The van der Waals surface area contributed by atoms with Crippen LogP contribution in [-0.2, 0) is 6.42 Å². The maximum atomic E-state index is 12.0. The molecular weight excluding hydrogens is 242 g/mol. The van der Waals surface area contributed by atoms with Crippen molar-refractivity contribution in [1.82, 2.24) is 5.32 Å². The fourth-order valence-electron chi connectivity index (χ4n) is 2.56. The lowest BCUT2D eigenvalue weighted by molar-refractivity contribution is 0.0914. The number of hydrogen-bond acceptors (Lipinski definition) is 3. The number of phenols is 1. The number of rotatable bonds is 4. The maximum absolute atomic E-state index is 12.0. The predicted molar refractivity (Wildman–Crippen MR) is 73.2 cm³/mol. The van der Waals surface area contributed by atoms with Crippen LogP contribution >= 0.6 is 0 Å². The van der Waals surface area contributed by atoms with Gasteiger partial charge in [0.2, 0.25) is 0 Å². The monoisotopic (exact) mass is 263 g/mol. The van der Waals surface area contributed by atoms with E-state index in [1.54, 1.807) is 12.1 Å². The molecule has 1 aliphatic carbocycles. The Bertz CT molecular complexity index is 459. The highest BCUT2D eigenvalue weighted by molar-refractivity contribution is 5.97. The van der Waals surface area contributed by atoms with Crippen molar-refractivity contribution in [2.75, 3.05) is 6.54 Å². The van der Waals surface area contributed by atoms with Crippen LogP contribution in [0.2, 0.25) is 0 Å². The minimum atomic E-state index is -0.309. The van der Waals surface area contributed by atoms with Crippen molar-refractivity contribution in [3.8, 4) is 5.75 Å². The fraction of sp³-hybridized carbons (Fsp3) is 0.533. The second kappa shape index (κ2) is 6.06. The number of aromatic hydroxyl groups is 1. The quantitative estimate of drug-likeness (QED) is 0.776. The Labute approximate surface area is 113 Å². The number of carbonyl (C=O) groups excluding carboxylic acids is 1. The molecule has 4 heteroatoms. The molecule has 2 atom stereocenters. The molecule has 0 aromatic heterocycles. The third-order valence-electron chi connectivity index (χ3n) is 3.86. The molecule has 1 amide bonds. The van der Waals surface area contributed by atoms with Gasteiger partial charge in [-0.25, -0.2) is 0 Å². The van der Waals surface area contributed by atoms with Gasteiger partial charge < -0.3 is 15.5 Å². The molecular formula is C15H21NO3. The van der Waals surface area contributed by atoms with Crippen LogP contribution in [0.5, 0.6) is 5.75 Å². The van der Waals surface area contributed by atoms with E-state index in [1.807, 2.05) is 13.0 Å². The fourth-order valence-corrected chi connectivity index (χ4v) is 2.56. The number of aliphatic hydroxyl groups excluding tert-OH is 1. The van der Waals surface area contributed by atoms with E-state index in [0.29, 0.717) is 12.1 Å². The van der Waals surface area contributed by atoms with Crippen molar-refractivity contribution in [2.45, 2.75) is 38.7 Å². The number of nitrogens with one attached hydrogen (secondary N) is 1. The van der Waals surface area contributed by atoms with Crippen LogP contribution in [0, 0.1) is 5.92 Å². The van der Waals surface area contributed by atoms with E-state index in [-0.39, 0.29) is 23.7 Å². The molecule has 0 radical (unpaired) electrons. The van der Waals surface area contributed by atoms with Crippen molar-refractivity contribution in [3.05, 3.63) is 29.3 Å². The van der Waals surface area contributed by atoms with Crippen LogP contribution in [0.25, 0.3) is 0 Å². The summed E-state index contributed by atoms with van der Waals surface area (Å²) in [6, 6.07) is 5.08. The van der Waals surface area contributed by atoms with Gasteiger partial charge in [-0.15, -0.1) is 0 Å². The van der Waals surface area contributed by atoms with Gasteiger partial charge in [0.1, 0.15) is 5.75 Å². The summed E-state index contributed by atoms with van der Waals surface area (Å²) >= 11 is 0. The van der Waals surface area contributed by atoms with Crippen molar-refractivity contribution in [1.29, 1.82) is 0 Å². The Balaban J connectivity index is 1.99. The van der Waals surface area contributed by atoms with Gasteiger partial charge in [0.15, 0.2) is 0 Å². The Morgan fingerprint density at radius 2 is 2.21 bits per heavy atom. The molecule has 1 aliphatic rings. The normalized spacial score (nSPS) is 22.4. The summed E-state index contributed by atoms with van der Waals surface area (Å²) in [4.78, 5) is 12.0. The molecule has 2 unspecified atom stereocenters. The summed E-state index contributed by atoms with van der Waals surface area (Å²) in [5, 5.41) is 22.2. The van der Waals surface area contributed by atoms with Gasteiger partial charge in [-0.3, -0.25) is 4.79 Å². The summed E-state index contributed by atoms with van der Waals surface area (Å²) < 4.78 is 0. The first kappa shape index (κ1) is 13.9. The molecule has 0 aliphatic heterocycles. The zero-order valence-corrected chi connectivity index (χ0v) is 11.2. The van der Waals surface area contributed by atoms with Gasteiger partial charge in [0, 0.05) is 12.5 Å². The van der Waals surface area contributed by atoms with Gasteiger partial charge in [-0.05, 0) is 37.0 Å². The summed E-state index contributed by atoms with van der Waals surface area (Å²) in [7, 11) is 0. The first-order valence-electron chi connectivity index (χ1n) is 6.90. The first-order chi connectivity index (χ1) is 9.11.